The lowest BCUT2D eigenvalue weighted by Crippen LogP contribution is -2.36. The highest BCUT2D eigenvalue weighted by atomic mass is 16.6. The van der Waals surface area contributed by atoms with Crippen molar-refractivity contribution in [2.45, 2.75) is 20.3 Å². The van der Waals surface area contributed by atoms with Gasteiger partial charge in [-0.25, -0.2) is 0 Å². The number of hydrogen-bond acceptors (Lipinski definition) is 4. The minimum atomic E-state index is -0.272. The largest absolute Gasteiger partial charge is 0.494 e. The molecule has 0 aromatic heterocycles. The topological polar surface area (TPSA) is 67.8 Å². The normalized spacial score (nSPS) is 15.8. The lowest BCUT2D eigenvalue weighted by atomic mass is 9.90. The van der Waals surface area contributed by atoms with E-state index in [2.05, 4.69) is 5.32 Å². The molecule has 92 valence electrons. The molecule has 1 aliphatic rings. The Balaban J connectivity index is 2.37. The fraction of sp³-hybridized carbons (Fsp3) is 0.727. The smallest absolute Gasteiger partial charge is 0.289 e. The van der Waals surface area contributed by atoms with Gasteiger partial charge in [-0.3, -0.25) is 4.79 Å². The van der Waals surface area contributed by atoms with E-state index in [0.717, 1.165) is 0 Å². The Labute approximate surface area is 95.4 Å². The highest BCUT2D eigenvalue weighted by Gasteiger charge is 2.21. The number of rotatable bonds is 5. The van der Waals surface area contributed by atoms with Crippen LogP contribution in [0.1, 0.15) is 20.3 Å². The molecule has 0 bridgehead atoms. The van der Waals surface area contributed by atoms with E-state index >= 15 is 0 Å². The number of aliphatic hydroxyl groups excluding tert-OH is 1. The van der Waals surface area contributed by atoms with Crippen molar-refractivity contribution in [1.82, 2.24) is 5.32 Å². The van der Waals surface area contributed by atoms with Crippen LogP contribution in [0.2, 0.25) is 0 Å². The third kappa shape index (κ3) is 4.10. The molecule has 0 aliphatic carbocycles. The molecule has 1 heterocycles. The Morgan fingerprint density at radius 3 is 2.88 bits per heavy atom. The molecule has 16 heavy (non-hydrogen) atoms. The first-order valence-corrected chi connectivity index (χ1v) is 5.39. The molecule has 0 aromatic rings. The van der Waals surface area contributed by atoms with Crippen LogP contribution < -0.4 is 5.32 Å². The highest BCUT2D eigenvalue weighted by molar-refractivity contribution is 5.91. The molecule has 0 saturated heterocycles. The first-order chi connectivity index (χ1) is 7.55. The van der Waals surface area contributed by atoms with Gasteiger partial charge in [-0.05, 0) is 11.8 Å². The van der Waals surface area contributed by atoms with Crippen molar-refractivity contribution in [1.29, 1.82) is 0 Å². The molecule has 0 unspecified atom stereocenters. The summed E-state index contributed by atoms with van der Waals surface area (Å²) >= 11 is 0. The first kappa shape index (κ1) is 12.8. The average Bonchev–Trinajstić information content (AvgIpc) is 2.27. The monoisotopic (exact) mass is 229 g/mol. The molecular formula is C11H19NO4. The van der Waals surface area contributed by atoms with Crippen molar-refractivity contribution in [3.05, 3.63) is 12.0 Å². The number of amides is 1. The number of aliphatic hydroxyl groups is 1. The molecule has 5 heteroatoms. The Bertz CT molecular complexity index is 273. The van der Waals surface area contributed by atoms with Crippen LogP contribution in [0.15, 0.2) is 12.0 Å². The maximum atomic E-state index is 11.6. The van der Waals surface area contributed by atoms with Crippen LogP contribution >= 0.6 is 0 Å². The fourth-order valence-corrected chi connectivity index (χ4v) is 1.29. The molecule has 0 fully saturated rings. The highest BCUT2D eigenvalue weighted by Crippen LogP contribution is 2.18. The number of nitrogens with one attached hydrogen (secondary N) is 1. The van der Waals surface area contributed by atoms with E-state index in [9.17, 15) is 4.79 Å². The maximum absolute atomic E-state index is 11.6. The van der Waals surface area contributed by atoms with Crippen LogP contribution in [0.4, 0.5) is 0 Å². The molecular weight excluding hydrogens is 210 g/mol. The second-order valence-electron chi connectivity index (χ2n) is 4.52. The lowest BCUT2D eigenvalue weighted by Gasteiger charge is -2.24. The van der Waals surface area contributed by atoms with Crippen molar-refractivity contribution in [3.63, 3.8) is 0 Å². The molecule has 0 spiro atoms. The van der Waals surface area contributed by atoms with Crippen molar-refractivity contribution in [2.75, 3.05) is 26.4 Å². The maximum Gasteiger partial charge on any atom is 0.289 e. The van der Waals surface area contributed by atoms with E-state index < -0.39 is 0 Å². The number of ether oxygens (including phenoxy) is 2. The van der Waals surface area contributed by atoms with E-state index in [-0.39, 0.29) is 23.7 Å². The van der Waals surface area contributed by atoms with Crippen LogP contribution in [0, 0.1) is 5.41 Å². The quantitative estimate of drug-likeness (QED) is 0.716. The van der Waals surface area contributed by atoms with Gasteiger partial charge < -0.3 is 19.9 Å². The molecule has 5 nitrogen and oxygen atoms in total. The van der Waals surface area contributed by atoms with Gasteiger partial charge in [0.05, 0.1) is 0 Å². The zero-order chi connectivity index (χ0) is 12.0. The van der Waals surface area contributed by atoms with Crippen LogP contribution in [0.3, 0.4) is 0 Å². The Hall–Kier alpha value is -1.23. The summed E-state index contributed by atoms with van der Waals surface area (Å²) in [5, 5.41) is 11.6. The molecule has 0 saturated carbocycles. The van der Waals surface area contributed by atoms with Gasteiger partial charge in [0.25, 0.3) is 5.91 Å². The summed E-state index contributed by atoms with van der Waals surface area (Å²) in [7, 11) is 0. The van der Waals surface area contributed by atoms with E-state index in [1.54, 1.807) is 0 Å². The van der Waals surface area contributed by atoms with Gasteiger partial charge in [0.15, 0.2) is 0 Å². The lowest BCUT2D eigenvalue weighted by molar-refractivity contribution is -0.122. The third-order valence-electron chi connectivity index (χ3n) is 2.39. The van der Waals surface area contributed by atoms with Crippen LogP contribution in [-0.4, -0.2) is 37.4 Å². The SMILES string of the molecule is CC(C)(CCO)CNC(=O)C1=COCCO1. The summed E-state index contributed by atoms with van der Waals surface area (Å²) in [5.74, 6) is -0.0586. The number of hydrogen-bond donors (Lipinski definition) is 2. The third-order valence-corrected chi connectivity index (χ3v) is 2.39. The molecule has 1 aliphatic heterocycles. The first-order valence-electron chi connectivity index (χ1n) is 5.39. The van der Waals surface area contributed by atoms with Crippen LogP contribution in [0.5, 0.6) is 0 Å². The second-order valence-corrected chi connectivity index (χ2v) is 4.52. The van der Waals surface area contributed by atoms with E-state index in [1.165, 1.54) is 6.26 Å². The van der Waals surface area contributed by atoms with Crippen molar-refractivity contribution < 1.29 is 19.4 Å². The summed E-state index contributed by atoms with van der Waals surface area (Å²) in [4.78, 5) is 11.6. The zero-order valence-corrected chi connectivity index (χ0v) is 9.78. The molecule has 1 rings (SSSR count). The molecule has 0 atom stereocenters. The van der Waals surface area contributed by atoms with Gasteiger partial charge in [-0.15, -0.1) is 0 Å². The Morgan fingerprint density at radius 2 is 2.31 bits per heavy atom. The van der Waals surface area contributed by atoms with Gasteiger partial charge in [-0.1, -0.05) is 13.8 Å². The molecule has 0 radical (unpaired) electrons. The standard InChI is InChI=1S/C11H19NO4/c1-11(2,3-4-13)8-12-10(14)9-7-15-5-6-16-9/h7,13H,3-6,8H2,1-2H3,(H,12,14). The van der Waals surface area contributed by atoms with Crippen molar-refractivity contribution in [2.24, 2.45) is 5.41 Å². The summed E-state index contributed by atoms with van der Waals surface area (Å²) < 4.78 is 10.1. The fourth-order valence-electron chi connectivity index (χ4n) is 1.29. The molecule has 1 amide bonds. The van der Waals surface area contributed by atoms with Crippen LogP contribution in [0.25, 0.3) is 0 Å². The van der Waals surface area contributed by atoms with Crippen molar-refractivity contribution in [3.8, 4) is 0 Å². The summed E-state index contributed by atoms with van der Waals surface area (Å²) in [5.41, 5.74) is -0.125. The van der Waals surface area contributed by atoms with E-state index in [4.69, 9.17) is 14.6 Å². The van der Waals surface area contributed by atoms with Gasteiger partial charge in [-0.2, -0.15) is 0 Å². The predicted molar refractivity (Wildman–Crippen MR) is 58.5 cm³/mol. The number of carbonyl (C=O) groups is 1. The molecule has 0 aromatic carbocycles. The summed E-state index contributed by atoms with van der Waals surface area (Å²) in [6.45, 7) is 5.45. The Kier molecular flexibility index (Phi) is 4.61. The summed E-state index contributed by atoms with van der Waals surface area (Å²) in [6.07, 6.45) is 1.97. The second kappa shape index (κ2) is 5.75. The van der Waals surface area contributed by atoms with E-state index in [1.807, 2.05) is 13.8 Å². The van der Waals surface area contributed by atoms with Gasteiger partial charge in [0, 0.05) is 13.2 Å². The van der Waals surface area contributed by atoms with E-state index in [0.29, 0.717) is 26.2 Å². The average molecular weight is 229 g/mol. The predicted octanol–water partition coefficient (Wildman–Crippen LogP) is 0.399. The summed E-state index contributed by atoms with van der Waals surface area (Å²) in [6, 6.07) is 0. The Morgan fingerprint density at radius 1 is 1.56 bits per heavy atom. The van der Waals surface area contributed by atoms with Gasteiger partial charge >= 0.3 is 0 Å². The minimum Gasteiger partial charge on any atom is -0.494 e. The number of carbonyl (C=O) groups excluding carboxylic acids is 1. The molecule has 2 N–H and O–H groups in total. The minimum absolute atomic E-state index is 0.116. The van der Waals surface area contributed by atoms with Crippen molar-refractivity contribution >= 4 is 5.91 Å². The van der Waals surface area contributed by atoms with Crippen LogP contribution in [-0.2, 0) is 14.3 Å². The van der Waals surface area contributed by atoms with Gasteiger partial charge in [0.2, 0.25) is 5.76 Å². The van der Waals surface area contributed by atoms with Gasteiger partial charge in [0.1, 0.15) is 19.5 Å². The zero-order valence-electron chi connectivity index (χ0n) is 9.78.